The van der Waals surface area contributed by atoms with Crippen LogP contribution in [0.2, 0.25) is 0 Å². The molecular formula is C19H22F3N3O3. The number of carbonyl (C=O) groups excluding carboxylic acids is 1. The molecule has 1 aromatic carbocycles. The van der Waals surface area contributed by atoms with Crippen LogP contribution in [0.5, 0.6) is 0 Å². The number of unbranched alkanes of at least 4 members (excludes halogenated alkanes) is 3. The molecule has 9 heteroatoms. The number of amides is 1. The van der Waals surface area contributed by atoms with Gasteiger partial charge in [0.1, 0.15) is 0 Å². The van der Waals surface area contributed by atoms with Crippen molar-refractivity contribution in [3.8, 4) is 5.69 Å². The number of hydrogen-bond donors (Lipinski definition) is 2. The normalized spacial score (nSPS) is 11.4. The van der Waals surface area contributed by atoms with E-state index in [9.17, 15) is 22.8 Å². The molecule has 6 nitrogen and oxygen atoms in total. The number of halogens is 3. The molecule has 0 spiro atoms. The van der Waals surface area contributed by atoms with Gasteiger partial charge in [-0.25, -0.2) is 4.68 Å². The maximum absolute atomic E-state index is 13.6. The van der Waals surface area contributed by atoms with Crippen molar-refractivity contribution in [3.05, 3.63) is 47.3 Å². The molecule has 0 saturated carbocycles. The second kappa shape index (κ2) is 9.38. The molecule has 0 radical (unpaired) electrons. The van der Waals surface area contributed by atoms with Crippen molar-refractivity contribution in [1.82, 2.24) is 15.1 Å². The van der Waals surface area contributed by atoms with Gasteiger partial charge in [-0.2, -0.15) is 18.3 Å². The van der Waals surface area contributed by atoms with Crippen LogP contribution in [0, 0.1) is 6.92 Å². The summed E-state index contributed by atoms with van der Waals surface area (Å²) < 4.78 is 41.5. The first kappa shape index (κ1) is 21.5. The third-order valence-corrected chi connectivity index (χ3v) is 4.13. The maximum atomic E-state index is 13.6. The zero-order chi connectivity index (χ0) is 20.7. The van der Waals surface area contributed by atoms with E-state index < -0.39 is 29.3 Å². The maximum Gasteiger partial charge on any atom is 0.434 e. The van der Waals surface area contributed by atoms with E-state index in [4.69, 9.17) is 5.11 Å². The molecule has 0 bridgehead atoms. The Bertz CT molecular complexity index is 831. The lowest BCUT2D eigenvalue weighted by molar-refractivity contribution is -0.143. The summed E-state index contributed by atoms with van der Waals surface area (Å²) in [5, 5.41) is 14.8. The number of hydrogen-bond acceptors (Lipinski definition) is 3. The number of aromatic nitrogens is 2. The molecule has 1 heterocycles. The van der Waals surface area contributed by atoms with Crippen molar-refractivity contribution < 1.29 is 27.9 Å². The standard InChI is InChI=1S/C19H22F3N3O3/c1-13-7-6-8-14(11-13)25-17(19(20,21)22)15(12-24-25)18(28)23-10-5-3-2-4-9-16(26)27/h6-8,11-12H,2-5,9-10H2,1H3,(H,23,28)(H,26,27). The summed E-state index contributed by atoms with van der Waals surface area (Å²) in [6.07, 6.45) is -1.29. The molecule has 0 unspecified atom stereocenters. The van der Waals surface area contributed by atoms with Crippen LogP contribution < -0.4 is 5.32 Å². The Morgan fingerprint density at radius 1 is 1.18 bits per heavy atom. The molecule has 1 amide bonds. The average molecular weight is 397 g/mol. The number of alkyl halides is 3. The van der Waals surface area contributed by atoms with Crippen LogP contribution in [0.25, 0.3) is 5.69 Å². The quantitative estimate of drug-likeness (QED) is 0.627. The highest BCUT2D eigenvalue weighted by atomic mass is 19.4. The highest BCUT2D eigenvalue weighted by Crippen LogP contribution is 2.33. The molecule has 1 aromatic heterocycles. The van der Waals surface area contributed by atoms with Crippen molar-refractivity contribution in [1.29, 1.82) is 0 Å². The third kappa shape index (κ3) is 5.83. The summed E-state index contributed by atoms with van der Waals surface area (Å²) in [5.74, 6) is -1.70. The Labute approximate surface area is 160 Å². The van der Waals surface area contributed by atoms with E-state index in [1.807, 2.05) is 0 Å². The lowest BCUT2D eigenvalue weighted by atomic mass is 10.1. The Kier molecular flexibility index (Phi) is 7.19. The summed E-state index contributed by atoms with van der Waals surface area (Å²) >= 11 is 0. The summed E-state index contributed by atoms with van der Waals surface area (Å²) in [5.41, 5.74) is -0.642. The van der Waals surface area contributed by atoms with Gasteiger partial charge in [0, 0.05) is 13.0 Å². The van der Waals surface area contributed by atoms with Crippen molar-refractivity contribution >= 4 is 11.9 Å². The van der Waals surface area contributed by atoms with E-state index in [0.29, 0.717) is 25.7 Å². The Hall–Kier alpha value is -2.84. The fourth-order valence-corrected chi connectivity index (χ4v) is 2.79. The molecule has 2 N–H and O–H groups in total. The minimum atomic E-state index is -4.75. The van der Waals surface area contributed by atoms with Crippen LogP contribution in [0.3, 0.4) is 0 Å². The number of carboxylic acid groups (broad SMARTS) is 1. The number of rotatable bonds is 9. The van der Waals surface area contributed by atoms with Crippen molar-refractivity contribution in [3.63, 3.8) is 0 Å². The lowest BCUT2D eigenvalue weighted by Gasteiger charge is -2.13. The van der Waals surface area contributed by atoms with Crippen molar-refractivity contribution in [2.45, 2.75) is 45.2 Å². The van der Waals surface area contributed by atoms with Gasteiger partial charge in [0.25, 0.3) is 5.91 Å². The highest BCUT2D eigenvalue weighted by Gasteiger charge is 2.40. The van der Waals surface area contributed by atoms with Crippen LogP contribution in [0.4, 0.5) is 13.2 Å². The largest absolute Gasteiger partial charge is 0.481 e. The fourth-order valence-electron chi connectivity index (χ4n) is 2.79. The molecule has 0 aliphatic rings. The van der Waals surface area contributed by atoms with Crippen LogP contribution in [-0.2, 0) is 11.0 Å². The molecule has 152 valence electrons. The van der Waals surface area contributed by atoms with Gasteiger partial charge in [0.15, 0.2) is 5.69 Å². The first-order valence-corrected chi connectivity index (χ1v) is 8.92. The predicted molar refractivity (Wildman–Crippen MR) is 96.4 cm³/mol. The van der Waals surface area contributed by atoms with Gasteiger partial charge in [0.05, 0.1) is 17.4 Å². The number of aryl methyl sites for hydroxylation is 1. The molecule has 2 aromatic rings. The summed E-state index contributed by atoms with van der Waals surface area (Å²) in [7, 11) is 0. The highest BCUT2D eigenvalue weighted by molar-refractivity contribution is 5.95. The van der Waals surface area contributed by atoms with Gasteiger partial charge < -0.3 is 10.4 Å². The number of aliphatic carboxylic acids is 1. The Balaban J connectivity index is 2.05. The summed E-state index contributed by atoms with van der Waals surface area (Å²) in [4.78, 5) is 22.7. The topological polar surface area (TPSA) is 84.2 Å². The molecule has 28 heavy (non-hydrogen) atoms. The molecule has 0 atom stereocenters. The monoisotopic (exact) mass is 397 g/mol. The second-order valence-electron chi connectivity index (χ2n) is 6.47. The van der Waals surface area contributed by atoms with Gasteiger partial charge >= 0.3 is 12.1 Å². The molecule has 0 saturated heterocycles. The third-order valence-electron chi connectivity index (χ3n) is 4.13. The van der Waals surface area contributed by atoms with E-state index in [1.54, 1.807) is 25.1 Å². The minimum absolute atomic E-state index is 0.0828. The van der Waals surface area contributed by atoms with Gasteiger partial charge in [-0.1, -0.05) is 25.0 Å². The number of carboxylic acids is 1. The first-order chi connectivity index (χ1) is 13.2. The van der Waals surface area contributed by atoms with Crippen LogP contribution in [0.15, 0.2) is 30.5 Å². The summed E-state index contributed by atoms with van der Waals surface area (Å²) in [6.45, 7) is 1.96. The fraction of sp³-hybridized carbons (Fsp3) is 0.421. The van der Waals surface area contributed by atoms with E-state index in [2.05, 4.69) is 10.4 Å². The van der Waals surface area contributed by atoms with Crippen LogP contribution >= 0.6 is 0 Å². The smallest absolute Gasteiger partial charge is 0.434 e. The van der Waals surface area contributed by atoms with E-state index in [1.165, 1.54) is 6.07 Å². The summed E-state index contributed by atoms with van der Waals surface area (Å²) in [6, 6.07) is 6.43. The van der Waals surface area contributed by atoms with Crippen molar-refractivity contribution in [2.24, 2.45) is 0 Å². The number of benzene rings is 1. The number of carbonyl (C=O) groups is 2. The molecule has 2 rings (SSSR count). The molecule has 0 fully saturated rings. The van der Waals surface area contributed by atoms with Gasteiger partial charge in [-0.3, -0.25) is 9.59 Å². The van der Waals surface area contributed by atoms with Gasteiger partial charge in [-0.05, 0) is 37.5 Å². The minimum Gasteiger partial charge on any atom is -0.481 e. The zero-order valence-electron chi connectivity index (χ0n) is 15.4. The Morgan fingerprint density at radius 2 is 1.89 bits per heavy atom. The average Bonchev–Trinajstić information content (AvgIpc) is 3.06. The van der Waals surface area contributed by atoms with E-state index in [0.717, 1.165) is 16.4 Å². The Morgan fingerprint density at radius 3 is 2.54 bits per heavy atom. The molecular weight excluding hydrogens is 375 g/mol. The van der Waals surface area contributed by atoms with E-state index in [-0.39, 0.29) is 18.7 Å². The van der Waals surface area contributed by atoms with Crippen LogP contribution in [0.1, 0.15) is 53.7 Å². The second-order valence-corrected chi connectivity index (χ2v) is 6.47. The first-order valence-electron chi connectivity index (χ1n) is 8.92. The molecule has 0 aliphatic heterocycles. The van der Waals surface area contributed by atoms with Gasteiger partial charge in [0.2, 0.25) is 0 Å². The zero-order valence-corrected chi connectivity index (χ0v) is 15.4. The predicted octanol–water partition coefficient (Wildman–Crippen LogP) is 3.96. The lowest BCUT2D eigenvalue weighted by Crippen LogP contribution is -2.27. The SMILES string of the molecule is Cc1cccc(-n2ncc(C(=O)NCCCCCCC(=O)O)c2C(F)(F)F)c1. The number of nitrogens with zero attached hydrogens (tertiary/aromatic N) is 2. The van der Waals surface area contributed by atoms with Crippen molar-refractivity contribution in [2.75, 3.05) is 6.54 Å². The molecule has 0 aliphatic carbocycles. The van der Waals surface area contributed by atoms with E-state index >= 15 is 0 Å². The van der Waals surface area contributed by atoms with Crippen LogP contribution in [-0.4, -0.2) is 33.3 Å². The number of nitrogens with one attached hydrogen (secondary N) is 1. The van der Waals surface area contributed by atoms with Gasteiger partial charge in [-0.15, -0.1) is 0 Å².